The topological polar surface area (TPSA) is 39.2 Å². The van der Waals surface area contributed by atoms with E-state index < -0.39 is 0 Å². The Morgan fingerprint density at radius 3 is 3.07 bits per heavy atom. The minimum Gasteiger partial charge on any atom is -0.478 e. The Morgan fingerprint density at radius 2 is 2.33 bits per heavy atom. The lowest BCUT2D eigenvalue weighted by atomic mass is 9.95. The number of ketones is 1. The lowest BCUT2D eigenvalue weighted by molar-refractivity contribution is 0.0966. The quantitative estimate of drug-likeness (QED) is 0.777. The van der Waals surface area contributed by atoms with Gasteiger partial charge in [-0.25, -0.2) is 4.98 Å². The number of carbonyl (C=O) groups excluding carboxylic acids is 1. The van der Waals surface area contributed by atoms with Gasteiger partial charge in [0, 0.05) is 18.1 Å². The molecule has 0 atom stereocenters. The van der Waals surface area contributed by atoms with Crippen LogP contribution in [0.2, 0.25) is 5.02 Å². The second-order valence-electron chi connectivity index (χ2n) is 3.48. The van der Waals surface area contributed by atoms with E-state index in [1.54, 1.807) is 6.07 Å². The summed E-state index contributed by atoms with van der Waals surface area (Å²) in [6.07, 6.45) is 2.26. The van der Waals surface area contributed by atoms with Crippen LogP contribution in [-0.4, -0.2) is 17.4 Å². The summed E-state index contributed by atoms with van der Waals surface area (Å²) >= 11 is 6.08. The molecule has 0 aromatic carbocycles. The third kappa shape index (κ3) is 1.97. The fourth-order valence-electron chi connectivity index (χ4n) is 1.75. The summed E-state index contributed by atoms with van der Waals surface area (Å²) in [5, 5.41) is 0.594. The molecule has 0 saturated carbocycles. The fourth-order valence-corrected chi connectivity index (χ4v) is 2.03. The second-order valence-corrected chi connectivity index (χ2v) is 3.89. The molecule has 80 valence electrons. The highest BCUT2D eigenvalue weighted by Crippen LogP contribution is 2.29. The van der Waals surface area contributed by atoms with Gasteiger partial charge in [-0.2, -0.15) is 0 Å². The van der Waals surface area contributed by atoms with Crippen LogP contribution in [0.3, 0.4) is 0 Å². The van der Waals surface area contributed by atoms with Crippen LogP contribution in [0.1, 0.15) is 35.8 Å². The highest BCUT2D eigenvalue weighted by molar-refractivity contribution is 6.32. The van der Waals surface area contributed by atoms with Crippen LogP contribution in [0, 0.1) is 0 Å². The standard InChI is InChI=1S/C11H12ClNO2/c1-2-15-10-6-8(12)7-4-3-5-9(14)11(7)13-10/h6H,2-5H2,1H3. The van der Waals surface area contributed by atoms with Gasteiger partial charge >= 0.3 is 0 Å². The second kappa shape index (κ2) is 4.19. The number of hydrogen-bond acceptors (Lipinski definition) is 3. The largest absolute Gasteiger partial charge is 0.478 e. The number of nitrogens with zero attached hydrogens (tertiary/aromatic N) is 1. The highest BCUT2D eigenvalue weighted by Gasteiger charge is 2.22. The molecule has 0 fully saturated rings. The molecule has 0 amide bonds. The van der Waals surface area contributed by atoms with Gasteiger partial charge in [-0.1, -0.05) is 11.6 Å². The predicted molar refractivity (Wildman–Crippen MR) is 57.7 cm³/mol. The van der Waals surface area contributed by atoms with E-state index in [9.17, 15) is 4.79 Å². The van der Waals surface area contributed by atoms with E-state index in [1.807, 2.05) is 6.92 Å². The summed E-state index contributed by atoms with van der Waals surface area (Å²) in [7, 11) is 0. The van der Waals surface area contributed by atoms with Crippen molar-refractivity contribution in [3.05, 3.63) is 22.3 Å². The number of rotatable bonds is 2. The average molecular weight is 226 g/mol. The summed E-state index contributed by atoms with van der Waals surface area (Å²) in [5.41, 5.74) is 1.37. The van der Waals surface area contributed by atoms with Crippen molar-refractivity contribution in [3.8, 4) is 5.88 Å². The zero-order valence-electron chi connectivity index (χ0n) is 8.55. The molecule has 0 unspecified atom stereocenters. The fraction of sp³-hybridized carbons (Fsp3) is 0.455. The average Bonchev–Trinajstić information content (AvgIpc) is 2.20. The first-order valence-electron chi connectivity index (χ1n) is 5.07. The van der Waals surface area contributed by atoms with Crippen molar-refractivity contribution in [1.82, 2.24) is 4.98 Å². The Balaban J connectivity index is 2.47. The normalized spacial score (nSPS) is 14.9. The monoisotopic (exact) mass is 225 g/mol. The van der Waals surface area contributed by atoms with Gasteiger partial charge in [-0.3, -0.25) is 4.79 Å². The molecule has 1 aliphatic rings. The molecule has 1 aliphatic carbocycles. The van der Waals surface area contributed by atoms with Crippen LogP contribution in [0.4, 0.5) is 0 Å². The van der Waals surface area contributed by atoms with E-state index in [4.69, 9.17) is 16.3 Å². The maximum atomic E-state index is 11.6. The van der Waals surface area contributed by atoms with Crippen LogP contribution >= 0.6 is 11.6 Å². The molecular formula is C11H12ClNO2. The van der Waals surface area contributed by atoms with E-state index in [-0.39, 0.29) is 5.78 Å². The molecule has 0 saturated heterocycles. The molecule has 1 aromatic rings. The van der Waals surface area contributed by atoms with Gasteiger partial charge in [0.25, 0.3) is 0 Å². The predicted octanol–water partition coefficient (Wildman–Crippen LogP) is 2.65. The molecule has 0 N–H and O–H groups in total. The third-order valence-electron chi connectivity index (χ3n) is 2.43. The summed E-state index contributed by atoms with van der Waals surface area (Å²) in [4.78, 5) is 15.8. The van der Waals surface area contributed by atoms with Crippen LogP contribution in [0.15, 0.2) is 6.07 Å². The van der Waals surface area contributed by atoms with Gasteiger partial charge < -0.3 is 4.74 Å². The molecule has 1 heterocycles. The molecule has 0 bridgehead atoms. The minimum atomic E-state index is 0.0692. The highest BCUT2D eigenvalue weighted by atomic mass is 35.5. The summed E-state index contributed by atoms with van der Waals surface area (Å²) in [6, 6.07) is 1.68. The van der Waals surface area contributed by atoms with Crippen molar-refractivity contribution in [2.45, 2.75) is 26.2 Å². The number of fused-ring (bicyclic) bond motifs is 1. The Bertz CT molecular complexity index is 404. The molecule has 0 spiro atoms. The number of aromatic nitrogens is 1. The zero-order chi connectivity index (χ0) is 10.8. The summed E-state index contributed by atoms with van der Waals surface area (Å²) in [5.74, 6) is 0.510. The van der Waals surface area contributed by atoms with Gasteiger partial charge in [-0.05, 0) is 19.8 Å². The lowest BCUT2D eigenvalue weighted by Crippen LogP contribution is -2.14. The first-order chi connectivity index (χ1) is 7.22. The summed E-state index contributed by atoms with van der Waals surface area (Å²) < 4.78 is 5.25. The van der Waals surface area contributed by atoms with Crippen molar-refractivity contribution in [1.29, 1.82) is 0 Å². The number of ether oxygens (including phenoxy) is 1. The minimum absolute atomic E-state index is 0.0692. The first kappa shape index (κ1) is 10.4. The number of pyridine rings is 1. The van der Waals surface area contributed by atoms with Crippen molar-refractivity contribution in [2.75, 3.05) is 6.61 Å². The molecule has 4 heteroatoms. The Hall–Kier alpha value is -1.09. The zero-order valence-corrected chi connectivity index (χ0v) is 9.30. The maximum absolute atomic E-state index is 11.6. The number of Topliss-reactive ketones (excluding diaryl/α,β-unsaturated/α-hetero) is 1. The van der Waals surface area contributed by atoms with Gasteiger partial charge in [0.05, 0.1) is 11.6 Å². The number of hydrogen-bond donors (Lipinski definition) is 0. The number of carbonyl (C=O) groups is 1. The van der Waals surface area contributed by atoms with Crippen molar-refractivity contribution >= 4 is 17.4 Å². The van der Waals surface area contributed by atoms with E-state index in [0.29, 0.717) is 29.6 Å². The summed E-state index contributed by atoms with van der Waals surface area (Å²) in [6.45, 7) is 2.40. The van der Waals surface area contributed by atoms with Crippen molar-refractivity contribution in [3.63, 3.8) is 0 Å². The van der Waals surface area contributed by atoms with Gasteiger partial charge in [0.1, 0.15) is 5.69 Å². The van der Waals surface area contributed by atoms with E-state index in [1.165, 1.54) is 0 Å². The molecular weight excluding hydrogens is 214 g/mol. The van der Waals surface area contributed by atoms with E-state index in [2.05, 4.69) is 4.98 Å². The molecule has 1 aromatic heterocycles. The molecule has 3 nitrogen and oxygen atoms in total. The number of halogens is 1. The van der Waals surface area contributed by atoms with Gasteiger partial charge in [-0.15, -0.1) is 0 Å². The first-order valence-corrected chi connectivity index (χ1v) is 5.45. The SMILES string of the molecule is CCOc1cc(Cl)c2c(n1)C(=O)CCC2. The van der Waals surface area contributed by atoms with Crippen LogP contribution < -0.4 is 4.74 Å². The van der Waals surface area contributed by atoms with Crippen molar-refractivity contribution < 1.29 is 9.53 Å². The lowest BCUT2D eigenvalue weighted by Gasteiger charge is -2.16. The maximum Gasteiger partial charge on any atom is 0.215 e. The Labute approximate surface area is 93.4 Å². The van der Waals surface area contributed by atoms with Crippen LogP contribution in [0.25, 0.3) is 0 Å². The Kier molecular flexibility index (Phi) is 2.91. The molecule has 2 rings (SSSR count). The van der Waals surface area contributed by atoms with Crippen molar-refractivity contribution in [2.24, 2.45) is 0 Å². The van der Waals surface area contributed by atoms with Crippen LogP contribution in [0.5, 0.6) is 5.88 Å². The van der Waals surface area contributed by atoms with Gasteiger partial charge in [0.15, 0.2) is 5.78 Å². The van der Waals surface area contributed by atoms with E-state index >= 15 is 0 Å². The smallest absolute Gasteiger partial charge is 0.215 e. The molecule has 0 aliphatic heterocycles. The van der Waals surface area contributed by atoms with Gasteiger partial charge in [0.2, 0.25) is 5.88 Å². The molecule has 15 heavy (non-hydrogen) atoms. The van der Waals surface area contributed by atoms with Crippen LogP contribution in [-0.2, 0) is 6.42 Å². The molecule has 0 radical (unpaired) electrons. The third-order valence-corrected chi connectivity index (χ3v) is 2.77. The Morgan fingerprint density at radius 1 is 1.53 bits per heavy atom. The van der Waals surface area contributed by atoms with E-state index in [0.717, 1.165) is 18.4 Å².